The van der Waals surface area contributed by atoms with E-state index >= 15 is 0 Å². The summed E-state index contributed by atoms with van der Waals surface area (Å²) in [6, 6.07) is 0. The zero-order chi connectivity index (χ0) is 19.4. The van der Waals surface area contributed by atoms with Gasteiger partial charge in [-0.2, -0.15) is 0 Å². The van der Waals surface area contributed by atoms with Gasteiger partial charge in [-0.25, -0.2) is 0 Å². The van der Waals surface area contributed by atoms with Crippen LogP contribution in [0, 0.1) is 18.3 Å². The van der Waals surface area contributed by atoms with E-state index in [1.165, 1.54) is 0 Å². The lowest BCUT2D eigenvalue weighted by atomic mass is 10.0. The Labute approximate surface area is 154 Å². The fourth-order valence-electron chi connectivity index (χ4n) is 1.81. The van der Waals surface area contributed by atoms with E-state index in [2.05, 4.69) is 80.6 Å². The summed E-state index contributed by atoms with van der Waals surface area (Å²) in [6.07, 6.45) is 7.67. The molecule has 0 bridgehead atoms. The molecule has 0 heterocycles. The second-order valence-electron chi connectivity index (χ2n) is 10.2. The number of hydrogen-bond acceptors (Lipinski definition) is 2. The molecule has 0 aliphatic heterocycles. The first-order chi connectivity index (χ1) is 10.5. The standard InChI is InChI=1S/C20H42O2Si2/c1-13-17(2)14-15-18(22-24(11,12)20(6,7)8)16-21-23(9,10)19(3,4)5/h1,17-18H,14-16H2,2-12H3/t17?,18-/m0/s1. The summed E-state index contributed by atoms with van der Waals surface area (Å²) in [5.41, 5.74) is 0. The molecule has 0 spiro atoms. The van der Waals surface area contributed by atoms with Crippen LogP contribution in [0.25, 0.3) is 0 Å². The molecule has 0 aliphatic rings. The van der Waals surface area contributed by atoms with Crippen molar-refractivity contribution in [2.45, 2.75) is 104 Å². The van der Waals surface area contributed by atoms with Gasteiger partial charge in [-0.1, -0.05) is 48.5 Å². The fraction of sp³-hybridized carbons (Fsp3) is 0.900. The largest absolute Gasteiger partial charge is 0.414 e. The molecular formula is C20H42O2Si2. The van der Waals surface area contributed by atoms with Gasteiger partial charge in [0.05, 0.1) is 12.7 Å². The van der Waals surface area contributed by atoms with Crippen molar-refractivity contribution in [3.05, 3.63) is 0 Å². The monoisotopic (exact) mass is 370 g/mol. The maximum atomic E-state index is 6.67. The average molecular weight is 371 g/mol. The molecule has 2 atom stereocenters. The predicted molar refractivity (Wildman–Crippen MR) is 112 cm³/mol. The van der Waals surface area contributed by atoms with E-state index in [0.717, 1.165) is 12.8 Å². The third-order valence-corrected chi connectivity index (χ3v) is 14.9. The second kappa shape index (κ2) is 8.53. The maximum Gasteiger partial charge on any atom is 0.192 e. The fourth-order valence-corrected chi connectivity index (χ4v) is 4.22. The van der Waals surface area contributed by atoms with Gasteiger partial charge >= 0.3 is 0 Å². The molecular weight excluding hydrogens is 328 g/mol. The topological polar surface area (TPSA) is 18.5 Å². The smallest absolute Gasteiger partial charge is 0.192 e. The Hall–Kier alpha value is -0.0862. The van der Waals surface area contributed by atoms with Crippen molar-refractivity contribution in [1.29, 1.82) is 0 Å². The lowest BCUT2D eigenvalue weighted by Crippen LogP contribution is -2.47. The molecule has 0 saturated carbocycles. The van der Waals surface area contributed by atoms with Crippen molar-refractivity contribution in [2.24, 2.45) is 5.92 Å². The van der Waals surface area contributed by atoms with Crippen molar-refractivity contribution < 1.29 is 8.85 Å². The van der Waals surface area contributed by atoms with Crippen LogP contribution in [0.2, 0.25) is 36.3 Å². The van der Waals surface area contributed by atoms with Gasteiger partial charge in [0.25, 0.3) is 0 Å². The van der Waals surface area contributed by atoms with Crippen molar-refractivity contribution in [1.82, 2.24) is 0 Å². The van der Waals surface area contributed by atoms with Gasteiger partial charge < -0.3 is 8.85 Å². The van der Waals surface area contributed by atoms with Crippen LogP contribution in [0.3, 0.4) is 0 Å². The molecule has 24 heavy (non-hydrogen) atoms. The summed E-state index contributed by atoms with van der Waals surface area (Å²) >= 11 is 0. The van der Waals surface area contributed by atoms with Gasteiger partial charge in [0, 0.05) is 5.92 Å². The maximum absolute atomic E-state index is 6.67. The molecule has 0 aliphatic carbocycles. The number of rotatable bonds is 8. The minimum Gasteiger partial charge on any atom is -0.414 e. The Bertz CT molecular complexity index is 422. The van der Waals surface area contributed by atoms with Crippen molar-refractivity contribution in [2.75, 3.05) is 6.61 Å². The summed E-state index contributed by atoms with van der Waals surface area (Å²) in [4.78, 5) is 0. The van der Waals surface area contributed by atoms with Crippen LogP contribution < -0.4 is 0 Å². The molecule has 0 saturated heterocycles. The molecule has 0 amide bonds. The lowest BCUT2D eigenvalue weighted by molar-refractivity contribution is 0.0969. The van der Waals surface area contributed by atoms with Gasteiger partial charge in [-0.05, 0) is 49.1 Å². The molecule has 1 unspecified atom stereocenters. The summed E-state index contributed by atoms with van der Waals surface area (Å²) in [5.74, 6) is 3.13. The van der Waals surface area contributed by atoms with Gasteiger partial charge in [0.1, 0.15) is 0 Å². The summed E-state index contributed by atoms with van der Waals surface area (Å²) in [6.45, 7) is 25.8. The Morgan fingerprint density at radius 2 is 1.33 bits per heavy atom. The highest BCUT2D eigenvalue weighted by Gasteiger charge is 2.41. The average Bonchev–Trinajstić information content (AvgIpc) is 2.38. The zero-order valence-corrected chi connectivity index (χ0v) is 20.2. The first kappa shape index (κ1) is 23.9. The molecule has 0 aromatic carbocycles. The zero-order valence-electron chi connectivity index (χ0n) is 18.2. The highest BCUT2D eigenvalue weighted by molar-refractivity contribution is 6.74. The molecule has 142 valence electrons. The first-order valence-electron chi connectivity index (χ1n) is 9.31. The van der Waals surface area contributed by atoms with Crippen LogP contribution >= 0.6 is 0 Å². The number of hydrogen-bond donors (Lipinski definition) is 0. The molecule has 4 heteroatoms. The van der Waals surface area contributed by atoms with E-state index in [1.54, 1.807) is 0 Å². The van der Waals surface area contributed by atoms with Crippen molar-refractivity contribution >= 4 is 16.6 Å². The Balaban J connectivity index is 5.05. The molecule has 0 aromatic rings. The highest BCUT2D eigenvalue weighted by Crippen LogP contribution is 2.39. The molecule has 0 N–H and O–H groups in total. The molecule has 2 nitrogen and oxygen atoms in total. The van der Waals surface area contributed by atoms with Crippen molar-refractivity contribution in [3.63, 3.8) is 0 Å². The van der Waals surface area contributed by atoms with E-state index < -0.39 is 16.6 Å². The first-order valence-corrected chi connectivity index (χ1v) is 15.1. The van der Waals surface area contributed by atoms with Crippen LogP contribution in [-0.4, -0.2) is 29.3 Å². The van der Waals surface area contributed by atoms with Crippen LogP contribution in [0.4, 0.5) is 0 Å². The van der Waals surface area contributed by atoms with Crippen LogP contribution in [0.1, 0.15) is 61.3 Å². The van der Waals surface area contributed by atoms with Crippen molar-refractivity contribution in [3.8, 4) is 12.3 Å². The lowest BCUT2D eigenvalue weighted by Gasteiger charge is -2.41. The van der Waals surface area contributed by atoms with E-state index in [1.807, 2.05) is 0 Å². The van der Waals surface area contributed by atoms with Gasteiger partial charge in [0.15, 0.2) is 16.6 Å². The van der Waals surface area contributed by atoms with E-state index in [0.29, 0.717) is 12.5 Å². The minimum atomic E-state index is -1.81. The van der Waals surface area contributed by atoms with E-state index in [4.69, 9.17) is 15.3 Å². The van der Waals surface area contributed by atoms with Gasteiger partial charge in [-0.15, -0.1) is 12.3 Å². The summed E-state index contributed by atoms with van der Waals surface area (Å²) in [7, 11) is -3.57. The van der Waals surface area contributed by atoms with E-state index in [-0.39, 0.29) is 16.2 Å². The van der Waals surface area contributed by atoms with Crippen LogP contribution in [-0.2, 0) is 8.85 Å². The third kappa shape index (κ3) is 7.43. The SMILES string of the molecule is C#CC(C)CC[C@@H](CO[Si](C)(C)C(C)(C)C)O[Si](C)(C)C(C)(C)C. The minimum absolute atomic E-state index is 0.149. The molecule has 0 aromatic heterocycles. The molecule has 0 rings (SSSR count). The second-order valence-corrected chi connectivity index (χ2v) is 19.8. The Morgan fingerprint density at radius 3 is 1.71 bits per heavy atom. The summed E-state index contributed by atoms with van der Waals surface area (Å²) in [5, 5.41) is 0.431. The van der Waals surface area contributed by atoms with Gasteiger partial charge in [0.2, 0.25) is 0 Å². The van der Waals surface area contributed by atoms with Crippen LogP contribution in [0.15, 0.2) is 0 Å². The number of terminal acetylenes is 1. The Kier molecular flexibility index (Phi) is 8.50. The molecule has 0 radical (unpaired) electrons. The van der Waals surface area contributed by atoms with Gasteiger partial charge in [-0.3, -0.25) is 0 Å². The highest BCUT2D eigenvalue weighted by atomic mass is 28.4. The quantitative estimate of drug-likeness (QED) is 0.361. The van der Waals surface area contributed by atoms with E-state index in [9.17, 15) is 0 Å². The normalized spacial score (nSPS) is 16.6. The third-order valence-electron chi connectivity index (χ3n) is 5.91. The van der Waals surface area contributed by atoms with Crippen LogP contribution in [0.5, 0.6) is 0 Å². The Morgan fingerprint density at radius 1 is 0.875 bits per heavy atom. The predicted octanol–water partition coefficient (Wildman–Crippen LogP) is 6.45. The summed E-state index contributed by atoms with van der Waals surface area (Å²) < 4.78 is 13.1. The molecule has 0 fully saturated rings.